The molecule has 0 aliphatic heterocycles. The third-order valence-corrected chi connectivity index (χ3v) is 7.15. The first kappa shape index (κ1) is 19.8. The van der Waals surface area contributed by atoms with Gasteiger partial charge in [0.05, 0.1) is 18.4 Å². The zero-order valence-corrected chi connectivity index (χ0v) is 17.8. The number of ether oxygens (including phenoxy) is 2. The number of rotatable bonds is 6. The van der Waals surface area contributed by atoms with Gasteiger partial charge in [0.15, 0.2) is 0 Å². The highest BCUT2D eigenvalue weighted by atomic mass is 16.5. The number of benzene rings is 2. The molecule has 1 aromatic heterocycles. The summed E-state index contributed by atoms with van der Waals surface area (Å²) >= 11 is 0. The molecule has 2 fully saturated rings. The molecule has 158 valence electrons. The second-order valence-corrected chi connectivity index (χ2v) is 8.75. The minimum absolute atomic E-state index is 0.0110. The minimum Gasteiger partial charge on any atom is -0.487 e. The molecular weight excluding hydrogens is 386 g/mol. The summed E-state index contributed by atoms with van der Waals surface area (Å²) in [4.78, 5) is 16.2. The number of hydrogen-bond donors (Lipinski definition) is 0. The molecular formula is C27H27NO3. The summed E-state index contributed by atoms with van der Waals surface area (Å²) < 4.78 is 10.8. The fourth-order valence-corrected chi connectivity index (χ4v) is 5.71. The maximum absolute atomic E-state index is 11.9. The summed E-state index contributed by atoms with van der Waals surface area (Å²) in [5.41, 5.74) is 4.17. The summed E-state index contributed by atoms with van der Waals surface area (Å²) in [6, 6.07) is 22.5. The van der Waals surface area contributed by atoms with Gasteiger partial charge in [0.2, 0.25) is 0 Å². The Morgan fingerprint density at radius 1 is 1.00 bits per heavy atom. The van der Waals surface area contributed by atoms with Crippen molar-refractivity contribution in [3.63, 3.8) is 0 Å². The third-order valence-electron chi connectivity index (χ3n) is 7.15. The predicted octanol–water partition coefficient (Wildman–Crippen LogP) is 5.55. The van der Waals surface area contributed by atoms with E-state index in [9.17, 15) is 4.79 Å². The summed E-state index contributed by atoms with van der Waals surface area (Å²) in [6.45, 7) is 0.463. The minimum atomic E-state index is -0.289. The molecule has 0 saturated heterocycles. The lowest BCUT2D eigenvalue weighted by molar-refractivity contribution is 0.0600. The van der Waals surface area contributed by atoms with Gasteiger partial charge in [-0.25, -0.2) is 4.79 Å². The van der Waals surface area contributed by atoms with Crippen molar-refractivity contribution in [2.45, 2.75) is 37.7 Å². The molecule has 0 amide bonds. The van der Waals surface area contributed by atoms with E-state index in [0.717, 1.165) is 17.4 Å². The van der Waals surface area contributed by atoms with Crippen LogP contribution in [-0.2, 0) is 16.8 Å². The number of carbonyl (C=O) groups excluding carboxylic acids is 1. The molecule has 1 unspecified atom stereocenters. The highest BCUT2D eigenvalue weighted by Gasteiger charge is 2.52. The second-order valence-electron chi connectivity index (χ2n) is 8.75. The topological polar surface area (TPSA) is 48.4 Å². The molecule has 1 heterocycles. The maximum atomic E-state index is 11.9. The Kier molecular flexibility index (Phi) is 5.23. The van der Waals surface area contributed by atoms with E-state index in [1.165, 1.54) is 43.9 Å². The fourth-order valence-electron chi connectivity index (χ4n) is 5.71. The first-order chi connectivity index (χ1) is 15.2. The predicted molar refractivity (Wildman–Crippen MR) is 119 cm³/mol. The quantitative estimate of drug-likeness (QED) is 0.497. The second kappa shape index (κ2) is 8.18. The third kappa shape index (κ3) is 3.60. The molecule has 31 heavy (non-hydrogen) atoms. The molecule has 2 aliphatic rings. The fraction of sp³-hybridized carbons (Fsp3) is 0.333. The summed E-state index contributed by atoms with van der Waals surface area (Å²) in [6.07, 6.45) is 6.84. The monoisotopic (exact) mass is 413 g/mol. The number of carbonyl (C=O) groups is 1. The molecule has 2 aliphatic carbocycles. The lowest BCUT2D eigenvalue weighted by atomic mass is 9.64. The first-order valence-corrected chi connectivity index (χ1v) is 11.0. The van der Waals surface area contributed by atoms with Gasteiger partial charge in [-0.05, 0) is 78.6 Å². The molecule has 4 nitrogen and oxygen atoms in total. The Morgan fingerprint density at radius 3 is 2.32 bits per heavy atom. The van der Waals surface area contributed by atoms with Crippen molar-refractivity contribution in [3.05, 3.63) is 95.3 Å². The average molecular weight is 414 g/mol. The van der Waals surface area contributed by atoms with Gasteiger partial charge >= 0.3 is 5.97 Å². The van der Waals surface area contributed by atoms with Crippen LogP contribution in [0.15, 0.2) is 72.9 Å². The van der Waals surface area contributed by atoms with Gasteiger partial charge in [-0.3, -0.25) is 4.98 Å². The molecule has 0 radical (unpaired) electrons. The molecule has 5 rings (SSSR count). The van der Waals surface area contributed by atoms with Gasteiger partial charge in [-0.1, -0.05) is 36.8 Å². The summed E-state index contributed by atoms with van der Waals surface area (Å²) in [5.74, 6) is 1.99. The Morgan fingerprint density at radius 2 is 1.74 bits per heavy atom. The lowest BCUT2D eigenvalue weighted by Gasteiger charge is -2.39. The molecule has 2 bridgehead atoms. The number of pyridine rings is 1. The van der Waals surface area contributed by atoms with Crippen molar-refractivity contribution in [1.82, 2.24) is 4.98 Å². The van der Waals surface area contributed by atoms with E-state index in [1.54, 1.807) is 6.20 Å². The molecule has 3 atom stereocenters. The molecule has 2 saturated carbocycles. The largest absolute Gasteiger partial charge is 0.487 e. The molecule has 4 heteroatoms. The van der Waals surface area contributed by atoms with Crippen LogP contribution in [-0.4, -0.2) is 18.1 Å². The van der Waals surface area contributed by atoms with E-state index in [-0.39, 0.29) is 11.4 Å². The van der Waals surface area contributed by atoms with Crippen LogP contribution in [0.4, 0.5) is 0 Å². The molecule has 0 N–H and O–H groups in total. The number of esters is 1. The van der Waals surface area contributed by atoms with Crippen molar-refractivity contribution in [3.8, 4) is 5.75 Å². The van der Waals surface area contributed by atoms with Crippen LogP contribution < -0.4 is 4.74 Å². The van der Waals surface area contributed by atoms with Gasteiger partial charge in [0, 0.05) is 11.6 Å². The van der Waals surface area contributed by atoms with Crippen LogP contribution in [0, 0.1) is 11.8 Å². The zero-order valence-electron chi connectivity index (χ0n) is 17.8. The molecule has 2 aromatic carbocycles. The van der Waals surface area contributed by atoms with Crippen LogP contribution in [0.5, 0.6) is 5.75 Å². The van der Waals surface area contributed by atoms with Gasteiger partial charge in [-0.15, -0.1) is 0 Å². The van der Waals surface area contributed by atoms with Crippen molar-refractivity contribution in [2.24, 2.45) is 11.8 Å². The van der Waals surface area contributed by atoms with E-state index >= 15 is 0 Å². The van der Waals surface area contributed by atoms with Crippen molar-refractivity contribution in [2.75, 3.05) is 7.11 Å². The SMILES string of the molecule is COC(=O)c1ccc([C@]2(c3ccc(OCc4ccccn4)cc3)CC3CC[C@@H]2C3)cc1. The van der Waals surface area contributed by atoms with Gasteiger partial charge in [0.1, 0.15) is 12.4 Å². The Bertz CT molecular complexity index is 1050. The first-order valence-electron chi connectivity index (χ1n) is 11.0. The Hall–Kier alpha value is -3.14. The van der Waals surface area contributed by atoms with E-state index < -0.39 is 0 Å². The number of hydrogen-bond acceptors (Lipinski definition) is 4. The van der Waals surface area contributed by atoms with Crippen LogP contribution in [0.1, 0.15) is 52.9 Å². The van der Waals surface area contributed by atoms with Crippen LogP contribution in [0.2, 0.25) is 0 Å². The van der Waals surface area contributed by atoms with E-state index in [4.69, 9.17) is 9.47 Å². The zero-order chi connectivity index (χ0) is 21.3. The van der Waals surface area contributed by atoms with Crippen LogP contribution in [0.25, 0.3) is 0 Å². The number of fused-ring (bicyclic) bond motifs is 2. The van der Waals surface area contributed by atoms with Crippen LogP contribution in [0.3, 0.4) is 0 Å². The molecule has 3 aromatic rings. The number of methoxy groups -OCH3 is 1. The maximum Gasteiger partial charge on any atom is 0.337 e. The van der Waals surface area contributed by atoms with E-state index in [1.807, 2.05) is 30.3 Å². The summed E-state index contributed by atoms with van der Waals surface area (Å²) in [7, 11) is 1.42. The van der Waals surface area contributed by atoms with Crippen molar-refractivity contribution < 1.29 is 14.3 Å². The summed E-state index contributed by atoms with van der Waals surface area (Å²) in [5, 5.41) is 0. The normalized spacial score (nSPS) is 24.2. The van der Waals surface area contributed by atoms with E-state index in [2.05, 4.69) is 41.4 Å². The van der Waals surface area contributed by atoms with Gasteiger partial charge in [-0.2, -0.15) is 0 Å². The lowest BCUT2D eigenvalue weighted by Crippen LogP contribution is -2.34. The van der Waals surface area contributed by atoms with Gasteiger partial charge < -0.3 is 9.47 Å². The van der Waals surface area contributed by atoms with Crippen molar-refractivity contribution >= 4 is 5.97 Å². The standard InChI is InChI=1S/C27H27NO3/c1-30-26(29)20-6-9-21(10-7-20)27(17-19-5-8-23(27)16-19)22-11-13-25(14-12-22)31-18-24-4-2-3-15-28-24/h2-4,6-7,9-15,19,23H,5,8,16-18H2,1H3/t19?,23-,27+/m1/s1. The Balaban J connectivity index is 1.42. The Labute approximate surface area is 183 Å². The van der Waals surface area contributed by atoms with Crippen molar-refractivity contribution in [1.29, 1.82) is 0 Å². The highest BCUT2D eigenvalue weighted by molar-refractivity contribution is 5.89. The number of aromatic nitrogens is 1. The smallest absolute Gasteiger partial charge is 0.337 e. The average Bonchev–Trinajstić information content (AvgIpc) is 3.46. The van der Waals surface area contributed by atoms with Gasteiger partial charge in [0.25, 0.3) is 0 Å². The number of nitrogens with zero attached hydrogens (tertiary/aromatic N) is 1. The van der Waals surface area contributed by atoms with Crippen LogP contribution >= 0.6 is 0 Å². The van der Waals surface area contributed by atoms with E-state index in [0.29, 0.717) is 18.1 Å². The highest BCUT2D eigenvalue weighted by Crippen LogP contribution is 2.60. The molecule has 0 spiro atoms.